The molecule has 50 atom stereocenters. The number of amides is 5. The topological polar surface area (TPSA) is 867 Å². The standard InChI is InChI=1S/C70H117N5O51/c1-16(85)71-31-42(96)53(25(10-80)109-61(31)107)119-63-33(73-18(3)87)43(97)56(28(13-83)114-63)123-68-52(106)58(40(94)30(118-68)15-108-69-59(48(102)39(93)24(9-79)113-69)125-64-34(74-19(4)88)44(98)54(26(11-81)115-64)121-66-49(103)46(100)37(91)22(7-77)111-66)124-70-60(51(105)57(29(14-84)117-70)120-62-32(72-17(2)86)41(95)36(90)21(6-76)110-62)126-65-35(75-20(5)89)45(99)55(27(12-82)116-65)122-67-50(104)47(101)38(92)23(8-78)112-67/h21-70,76-84,90-107H,6-15H2,1-5H3,(H,71,85)(H,72,86)(H,73,87)(H,74,88)(H,75,89)/t21-,22-,23-,24-,25-,26-,27-,28-,29-,30-,31-,32-,33-,34-,35-,36-,37+,38+,39-,40-,41-,42-,43-,44-,45-,46+,47+,48+,49-,50-,51+,52+,53-,54-,55-,56-,57-,58+,59+,60+,61-,62+,63+,64+,65+,66+,67+,68+,69+,70-/m1/s1. The Morgan fingerprint density at radius 1 is 0.206 bits per heavy atom. The van der Waals surface area contributed by atoms with Crippen LogP contribution in [-0.2, 0) is 114 Å². The molecule has 0 radical (unpaired) electrons. The van der Waals surface area contributed by atoms with Crippen molar-refractivity contribution in [3.05, 3.63) is 0 Å². The van der Waals surface area contributed by atoms with Gasteiger partial charge in [-0.1, -0.05) is 0 Å². The van der Waals surface area contributed by atoms with Gasteiger partial charge >= 0.3 is 0 Å². The third kappa shape index (κ3) is 22.9. The molecule has 10 rings (SSSR count). The zero-order chi connectivity index (χ0) is 92.8. The molecular formula is C70H117N5O51. The average molecular weight is 1840 g/mol. The van der Waals surface area contributed by atoms with E-state index in [1.54, 1.807) is 0 Å². The third-order valence-electron chi connectivity index (χ3n) is 22.9. The minimum atomic E-state index is -2.70. The maximum Gasteiger partial charge on any atom is 0.217 e. The van der Waals surface area contributed by atoms with E-state index in [0.717, 1.165) is 34.6 Å². The molecule has 0 bridgehead atoms. The lowest BCUT2D eigenvalue weighted by molar-refractivity contribution is -0.405. The van der Waals surface area contributed by atoms with Crippen molar-refractivity contribution in [3.8, 4) is 0 Å². The van der Waals surface area contributed by atoms with Gasteiger partial charge in [-0.15, -0.1) is 0 Å². The van der Waals surface area contributed by atoms with Gasteiger partial charge in [0.25, 0.3) is 0 Å². The highest BCUT2D eigenvalue weighted by Crippen LogP contribution is 2.41. The Hall–Kier alpha value is -4.49. The van der Waals surface area contributed by atoms with Crippen molar-refractivity contribution in [2.75, 3.05) is 66.1 Å². The number of hydrogen-bond donors (Lipinski definition) is 32. The summed E-state index contributed by atoms with van der Waals surface area (Å²) in [5, 5.41) is 315. The first-order valence-electron chi connectivity index (χ1n) is 40.1. The fraction of sp³-hybridized carbons (Fsp3) is 0.929. The van der Waals surface area contributed by atoms with E-state index < -0.39 is 402 Å². The Bertz CT molecular complexity index is 3440. The lowest BCUT2D eigenvalue weighted by Gasteiger charge is -2.52. The van der Waals surface area contributed by atoms with E-state index in [2.05, 4.69) is 26.6 Å². The van der Waals surface area contributed by atoms with E-state index in [4.69, 9.17) is 90.0 Å². The molecule has 0 spiro atoms. The number of ether oxygens (including phenoxy) is 19. The van der Waals surface area contributed by atoms with E-state index in [1.807, 2.05) is 0 Å². The SMILES string of the molecule is CC(=O)N[C@@H]1[C@@H](O)[C@H](O[C@@H]2O[C@H](CO)[C@@H](O[C@@H]3O[C@H](CO[C@H]4O[C@H](CO)[C@@H](O)[C@H](O)[C@@H]4O[C@@H]4O[C@H](CO)[C@@H](O[C@@H]5O[C@H](CO)[C@H](O)[C@H](O)[C@H]5O)[C@H](O)[C@H]4NC(C)=O)[C@@H](O)[C@H](O[C@H]4O[C@H](CO)[C@@H](O[C@@H]5O[C@H](CO)[C@@H](O)[C@H](O)[C@H]5NC(C)=O)[C@H](O)[C@@H]4O[C@@H]4O[C@H](CO)[C@@H](O[C@@H]5O[C@H](CO)[C@H](O)[C@H](O)[C@H]5O)[C@H](O)[C@H]4NC(C)=O)[C@@H]3O)[C@H](O)[C@H]2NC(C)=O)[C@@H](CO)O[C@H]1O. The number of rotatable bonds is 33. The molecule has 10 saturated heterocycles. The maximum atomic E-state index is 13.3. The molecule has 0 unspecified atom stereocenters. The minimum Gasteiger partial charge on any atom is -0.394 e. The van der Waals surface area contributed by atoms with Crippen LogP contribution >= 0.6 is 0 Å². The lowest BCUT2D eigenvalue weighted by Crippen LogP contribution is -2.71. The molecule has 56 heteroatoms. The Balaban J connectivity index is 1.04. The molecule has 5 amide bonds. The van der Waals surface area contributed by atoms with Crippen LogP contribution in [0.4, 0.5) is 0 Å². The summed E-state index contributed by atoms with van der Waals surface area (Å²) in [6.45, 7) is -6.79. The predicted molar refractivity (Wildman–Crippen MR) is 388 cm³/mol. The molecule has 10 heterocycles. The quantitative estimate of drug-likeness (QED) is 0.0290. The van der Waals surface area contributed by atoms with Crippen LogP contribution in [0.2, 0.25) is 0 Å². The largest absolute Gasteiger partial charge is 0.394 e. The first-order valence-corrected chi connectivity index (χ1v) is 40.1. The fourth-order valence-corrected chi connectivity index (χ4v) is 16.3. The van der Waals surface area contributed by atoms with Gasteiger partial charge in [-0.3, -0.25) is 24.0 Å². The molecule has 32 N–H and O–H groups in total. The van der Waals surface area contributed by atoms with Gasteiger partial charge in [0.1, 0.15) is 244 Å². The van der Waals surface area contributed by atoms with Crippen molar-refractivity contribution in [2.45, 2.75) is 341 Å². The number of aliphatic hydroxyl groups excluding tert-OH is 27. The van der Waals surface area contributed by atoms with Gasteiger partial charge in [-0.25, -0.2) is 0 Å². The van der Waals surface area contributed by atoms with Gasteiger partial charge in [0.2, 0.25) is 29.5 Å². The average Bonchev–Trinajstić information content (AvgIpc) is 0.755. The van der Waals surface area contributed by atoms with Crippen molar-refractivity contribution in [1.29, 1.82) is 0 Å². The summed E-state index contributed by atoms with van der Waals surface area (Å²) < 4.78 is 114. The molecule has 56 nitrogen and oxygen atoms in total. The monoisotopic (exact) mass is 1840 g/mol. The second-order valence-electron chi connectivity index (χ2n) is 31.7. The second-order valence-corrected chi connectivity index (χ2v) is 31.7. The number of carbonyl (C=O) groups excluding carboxylic acids is 5. The predicted octanol–water partition coefficient (Wildman–Crippen LogP) is -22.1. The minimum absolute atomic E-state index is 0.814. The number of nitrogens with one attached hydrogen (secondary N) is 5. The van der Waals surface area contributed by atoms with Crippen LogP contribution in [0.25, 0.3) is 0 Å². The molecule has 10 aliphatic heterocycles. The second kappa shape index (κ2) is 45.5. The highest BCUT2D eigenvalue weighted by Gasteiger charge is 2.62. The van der Waals surface area contributed by atoms with Gasteiger partial charge in [0.05, 0.1) is 66.1 Å². The highest BCUT2D eigenvalue weighted by molar-refractivity contribution is 5.75. The Labute approximate surface area is 713 Å². The number of hydrogen-bond acceptors (Lipinski definition) is 51. The smallest absolute Gasteiger partial charge is 0.217 e. The van der Waals surface area contributed by atoms with Gasteiger partial charge in [0.15, 0.2) is 62.9 Å². The Kier molecular flexibility index (Phi) is 37.4. The van der Waals surface area contributed by atoms with Gasteiger partial charge in [-0.2, -0.15) is 0 Å². The van der Waals surface area contributed by atoms with Crippen molar-refractivity contribution in [1.82, 2.24) is 26.6 Å². The van der Waals surface area contributed by atoms with E-state index >= 15 is 0 Å². The summed E-state index contributed by atoms with van der Waals surface area (Å²) in [4.78, 5) is 64.4. The maximum absolute atomic E-state index is 13.3. The molecule has 0 aromatic carbocycles. The molecule has 0 saturated carbocycles. The highest BCUT2D eigenvalue weighted by atomic mass is 16.8. The van der Waals surface area contributed by atoms with E-state index in [-0.39, 0.29) is 0 Å². The van der Waals surface area contributed by atoms with Crippen molar-refractivity contribution < 1.29 is 252 Å². The summed E-state index contributed by atoms with van der Waals surface area (Å²) in [6.07, 6.45) is -96.4. The van der Waals surface area contributed by atoms with E-state index in [9.17, 15) is 162 Å². The lowest BCUT2D eigenvalue weighted by atomic mass is 9.93. The zero-order valence-electron chi connectivity index (χ0n) is 67.8. The fourth-order valence-electron chi connectivity index (χ4n) is 16.3. The first-order chi connectivity index (χ1) is 59.6. The summed E-state index contributed by atoms with van der Waals surface area (Å²) in [5.74, 6) is -4.70. The molecule has 728 valence electrons. The van der Waals surface area contributed by atoms with Crippen LogP contribution in [0.3, 0.4) is 0 Å². The normalized spacial score (nSPS) is 48.4. The molecule has 10 aliphatic rings. The number of aliphatic hydroxyl groups is 27. The molecule has 0 aromatic heterocycles. The van der Waals surface area contributed by atoms with Gasteiger partial charge < -0.3 is 254 Å². The van der Waals surface area contributed by atoms with Crippen molar-refractivity contribution >= 4 is 29.5 Å². The van der Waals surface area contributed by atoms with Crippen LogP contribution < -0.4 is 26.6 Å². The Morgan fingerprint density at radius 2 is 0.444 bits per heavy atom. The number of carbonyl (C=O) groups is 5. The summed E-state index contributed by atoms with van der Waals surface area (Å²) in [6, 6.07) is -9.57. The molecule has 10 fully saturated rings. The van der Waals surface area contributed by atoms with Crippen LogP contribution in [0.5, 0.6) is 0 Å². The summed E-state index contributed by atoms with van der Waals surface area (Å²) in [5.41, 5.74) is 0. The molecular weight excluding hydrogens is 1730 g/mol. The molecule has 0 aromatic rings. The van der Waals surface area contributed by atoms with Crippen LogP contribution in [0.1, 0.15) is 34.6 Å². The zero-order valence-corrected chi connectivity index (χ0v) is 67.8. The summed E-state index contributed by atoms with van der Waals surface area (Å²) in [7, 11) is 0. The van der Waals surface area contributed by atoms with Crippen molar-refractivity contribution in [2.24, 2.45) is 0 Å². The van der Waals surface area contributed by atoms with E-state index in [1.165, 1.54) is 0 Å². The first kappa shape index (κ1) is 104. The third-order valence-corrected chi connectivity index (χ3v) is 22.9. The van der Waals surface area contributed by atoms with Crippen LogP contribution in [0.15, 0.2) is 0 Å². The van der Waals surface area contributed by atoms with E-state index in [0.29, 0.717) is 0 Å². The van der Waals surface area contributed by atoms with Crippen LogP contribution in [-0.4, -0.2) is 540 Å². The summed E-state index contributed by atoms with van der Waals surface area (Å²) >= 11 is 0. The van der Waals surface area contributed by atoms with Gasteiger partial charge in [-0.05, 0) is 0 Å². The Morgan fingerprint density at radius 3 is 0.802 bits per heavy atom. The van der Waals surface area contributed by atoms with Crippen molar-refractivity contribution in [3.63, 3.8) is 0 Å². The molecule has 0 aliphatic carbocycles. The van der Waals surface area contributed by atoms with Crippen LogP contribution in [0, 0.1) is 0 Å². The molecule has 126 heavy (non-hydrogen) atoms. The van der Waals surface area contributed by atoms with Gasteiger partial charge in [0, 0.05) is 34.6 Å².